The third kappa shape index (κ3) is 6.47. The van der Waals surface area contributed by atoms with Gasteiger partial charge in [-0.3, -0.25) is 0 Å². The van der Waals surface area contributed by atoms with Crippen molar-refractivity contribution in [3.8, 4) is 0 Å². The highest BCUT2D eigenvalue weighted by Gasteiger charge is 2.16. The predicted molar refractivity (Wildman–Crippen MR) is 139 cm³/mol. The Kier molecular flexibility index (Phi) is 7.84. The zero-order valence-electron chi connectivity index (χ0n) is 20.3. The van der Waals surface area contributed by atoms with E-state index in [0.29, 0.717) is 17.5 Å². The van der Waals surface area contributed by atoms with E-state index in [1.165, 1.54) is 0 Å². The third-order valence-electron chi connectivity index (χ3n) is 5.54. The number of ether oxygens (including phenoxy) is 1. The van der Waals surface area contributed by atoms with Crippen LogP contribution in [0.25, 0.3) is 0 Å². The number of nitrogens with one attached hydrogen (secondary N) is 3. The smallest absolute Gasteiger partial charge is 0.240 e. The van der Waals surface area contributed by atoms with Gasteiger partial charge in [0, 0.05) is 48.0 Å². The second-order valence-corrected chi connectivity index (χ2v) is 10.3. The molecule has 0 spiro atoms. The molecule has 10 heteroatoms. The van der Waals surface area contributed by atoms with Gasteiger partial charge in [-0.2, -0.15) is 4.98 Å². The first-order chi connectivity index (χ1) is 16.8. The van der Waals surface area contributed by atoms with Crippen molar-refractivity contribution in [2.75, 3.05) is 41.8 Å². The first-order valence-electron chi connectivity index (χ1n) is 11.8. The van der Waals surface area contributed by atoms with E-state index in [1.807, 2.05) is 25.1 Å². The molecule has 1 aliphatic rings. The van der Waals surface area contributed by atoms with E-state index in [-0.39, 0.29) is 10.9 Å². The Labute approximate surface area is 207 Å². The van der Waals surface area contributed by atoms with Crippen LogP contribution in [0, 0.1) is 0 Å². The SMILES string of the molecule is CCc1cnc(Nc2ccc(N3CCOCC3)cc2)nc1Nc1cccc(S(=O)(=O)NC(C)C)c1. The highest BCUT2D eigenvalue weighted by Crippen LogP contribution is 2.25. The molecular formula is C25H32N6O3S. The third-order valence-corrected chi connectivity index (χ3v) is 7.20. The fraction of sp³-hybridized carbons (Fsp3) is 0.360. The summed E-state index contributed by atoms with van der Waals surface area (Å²) >= 11 is 0. The van der Waals surface area contributed by atoms with E-state index in [0.717, 1.165) is 49.7 Å². The monoisotopic (exact) mass is 496 g/mol. The largest absolute Gasteiger partial charge is 0.378 e. The van der Waals surface area contributed by atoms with Crippen molar-refractivity contribution in [1.29, 1.82) is 0 Å². The van der Waals surface area contributed by atoms with Crippen LogP contribution in [0.1, 0.15) is 26.3 Å². The molecule has 35 heavy (non-hydrogen) atoms. The highest BCUT2D eigenvalue weighted by atomic mass is 32.2. The van der Waals surface area contributed by atoms with E-state index < -0.39 is 10.0 Å². The summed E-state index contributed by atoms with van der Waals surface area (Å²) in [5.74, 6) is 1.08. The number of aromatic nitrogens is 2. The van der Waals surface area contributed by atoms with Crippen LogP contribution in [0.2, 0.25) is 0 Å². The second kappa shape index (κ2) is 11.0. The number of anilines is 5. The van der Waals surface area contributed by atoms with Crippen LogP contribution in [0.15, 0.2) is 59.6 Å². The molecule has 0 amide bonds. The van der Waals surface area contributed by atoms with Gasteiger partial charge < -0.3 is 20.3 Å². The average molecular weight is 497 g/mol. The first kappa shape index (κ1) is 24.9. The van der Waals surface area contributed by atoms with Crippen LogP contribution in [0.4, 0.5) is 28.8 Å². The van der Waals surface area contributed by atoms with Crippen molar-refractivity contribution in [2.24, 2.45) is 0 Å². The molecule has 186 valence electrons. The molecule has 1 fully saturated rings. The van der Waals surface area contributed by atoms with Crippen LogP contribution in [-0.2, 0) is 21.2 Å². The fourth-order valence-electron chi connectivity index (χ4n) is 3.80. The molecule has 0 radical (unpaired) electrons. The van der Waals surface area contributed by atoms with Gasteiger partial charge in [-0.05, 0) is 62.7 Å². The number of hydrogen-bond donors (Lipinski definition) is 3. The molecule has 0 bridgehead atoms. The molecule has 1 saturated heterocycles. The van der Waals surface area contributed by atoms with Gasteiger partial charge in [0.25, 0.3) is 0 Å². The summed E-state index contributed by atoms with van der Waals surface area (Å²) < 4.78 is 33.2. The maximum Gasteiger partial charge on any atom is 0.240 e. The number of benzene rings is 2. The number of hydrogen-bond acceptors (Lipinski definition) is 8. The van der Waals surface area contributed by atoms with E-state index in [4.69, 9.17) is 4.74 Å². The topological polar surface area (TPSA) is 108 Å². The average Bonchev–Trinajstić information content (AvgIpc) is 2.85. The van der Waals surface area contributed by atoms with Crippen molar-refractivity contribution in [3.63, 3.8) is 0 Å². The molecule has 3 aromatic rings. The molecule has 2 aromatic carbocycles. The van der Waals surface area contributed by atoms with E-state index in [2.05, 4.69) is 42.4 Å². The van der Waals surface area contributed by atoms with Crippen LogP contribution < -0.4 is 20.3 Å². The van der Waals surface area contributed by atoms with Crippen LogP contribution in [0.5, 0.6) is 0 Å². The van der Waals surface area contributed by atoms with Gasteiger partial charge in [0.1, 0.15) is 5.82 Å². The summed E-state index contributed by atoms with van der Waals surface area (Å²) in [6, 6.07) is 14.7. The molecule has 0 saturated carbocycles. The van der Waals surface area contributed by atoms with Crippen molar-refractivity contribution in [3.05, 3.63) is 60.3 Å². The molecule has 9 nitrogen and oxygen atoms in total. The minimum absolute atomic E-state index is 0.193. The standard InChI is InChI=1S/C25H32N6O3S/c1-4-19-17-26-25(28-20-8-10-22(11-9-20)31-12-14-34-15-13-31)29-24(19)27-21-6-5-7-23(16-21)35(32,33)30-18(2)3/h5-11,16-18,30H,4,12-15H2,1-3H3,(H2,26,27,28,29). The molecule has 1 aromatic heterocycles. The molecule has 0 unspecified atom stereocenters. The summed E-state index contributed by atoms with van der Waals surface area (Å²) in [6.07, 6.45) is 2.50. The van der Waals surface area contributed by atoms with Crippen molar-refractivity contribution in [2.45, 2.75) is 38.1 Å². The van der Waals surface area contributed by atoms with E-state index in [9.17, 15) is 8.42 Å². The number of nitrogens with zero attached hydrogens (tertiary/aromatic N) is 3. The summed E-state index contributed by atoms with van der Waals surface area (Å²) in [6.45, 7) is 8.87. The molecule has 0 atom stereocenters. The van der Waals surface area contributed by atoms with Gasteiger partial charge in [-0.1, -0.05) is 13.0 Å². The number of morpholine rings is 1. The second-order valence-electron chi connectivity index (χ2n) is 8.62. The van der Waals surface area contributed by atoms with Crippen molar-refractivity contribution < 1.29 is 13.2 Å². The lowest BCUT2D eigenvalue weighted by Gasteiger charge is -2.28. The minimum atomic E-state index is -3.60. The van der Waals surface area contributed by atoms with E-state index in [1.54, 1.807) is 38.2 Å². The van der Waals surface area contributed by atoms with Gasteiger partial charge in [0.2, 0.25) is 16.0 Å². The zero-order valence-corrected chi connectivity index (χ0v) is 21.1. The Bertz CT molecular complexity index is 1240. The molecule has 4 rings (SSSR count). The molecule has 1 aliphatic heterocycles. The maximum absolute atomic E-state index is 12.6. The van der Waals surface area contributed by atoms with E-state index >= 15 is 0 Å². The first-order valence-corrected chi connectivity index (χ1v) is 13.3. The molecule has 3 N–H and O–H groups in total. The lowest BCUT2D eigenvalue weighted by atomic mass is 10.2. The minimum Gasteiger partial charge on any atom is -0.378 e. The van der Waals surface area contributed by atoms with Crippen molar-refractivity contribution in [1.82, 2.24) is 14.7 Å². The summed E-state index contributed by atoms with van der Waals surface area (Å²) in [7, 11) is -3.60. The zero-order chi connectivity index (χ0) is 24.8. The Morgan fingerprint density at radius 3 is 2.46 bits per heavy atom. The maximum atomic E-state index is 12.6. The van der Waals surface area contributed by atoms with Gasteiger partial charge in [-0.15, -0.1) is 0 Å². The summed E-state index contributed by atoms with van der Waals surface area (Å²) in [5, 5.41) is 6.52. The lowest BCUT2D eigenvalue weighted by Crippen LogP contribution is -2.36. The number of sulfonamides is 1. The van der Waals surface area contributed by atoms with Crippen LogP contribution in [-0.4, -0.2) is 50.7 Å². The quantitative estimate of drug-likeness (QED) is 0.407. The fourth-order valence-corrected chi connectivity index (χ4v) is 5.09. The molecule has 2 heterocycles. The number of aryl methyl sites for hydroxylation is 1. The normalized spacial score (nSPS) is 14.2. The summed E-state index contributed by atoms with van der Waals surface area (Å²) in [4.78, 5) is 11.6. The Hall–Kier alpha value is -3.21. The number of rotatable bonds is 9. The van der Waals surface area contributed by atoms with Gasteiger partial charge in [0.15, 0.2) is 0 Å². The highest BCUT2D eigenvalue weighted by molar-refractivity contribution is 7.89. The lowest BCUT2D eigenvalue weighted by molar-refractivity contribution is 0.122. The van der Waals surface area contributed by atoms with Gasteiger partial charge in [-0.25, -0.2) is 18.1 Å². The summed E-state index contributed by atoms with van der Waals surface area (Å²) in [5.41, 5.74) is 3.59. The van der Waals surface area contributed by atoms with Crippen LogP contribution in [0.3, 0.4) is 0 Å². The van der Waals surface area contributed by atoms with Gasteiger partial charge in [0.05, 0.1) is 18.1 Å². The Morgan fingerprint density at radius 1 is 1.03 bits per heavy atom. The molecule has 0 aliphatic carbocycles. The van der Waals surface area contributed by atoms with Crippen LogP contribution >= 0.6 is 0 Å². The van der Waals surface area contributed by atoms with Crippen molar-refractivity contribution >= 4 is 38.9 Å². The predicted octanol–water partition coefficient (Wildman–Crippen LogP) is 4.05. The Morgan fingerprint density at radius 2 is 1.77 bits per heavy atom. The Balaban J connectivity index is 1.51. The molecular weight excluding hydrogens is 464 g/mol. The van der Waals surface area contributed by atoms with Gasteiger partial charge >= 0.3 is 0 Å².